The van der Waals surface area contributed by atoms with Crippen molar-refractivity contribution in [1.82, 2.24) is 0 Å². The summed E-state index contributed by atoms with van der Waals surface area (Å²) in [5.74, 6) is 0. The Morgan fingerprint density at radius 3 is 2.50 bits per heavy atom. The first-order valence-corrected chi connectivity index (χ1v) is 6.74. The van der Waals surface area contributed by atoms with Crippen LogP contribution in [-0.2, 0) is 0 Å². The molecular formula is C18H14O2. The fraction of sp³-hybridized carbons (Fsp3) is 0.111. The largest absolute Gasteiger partial charge is 0.386 e. The highest BCUT2D eigenvalue weighted by atomic mass is 16.3. The molecule has 3 aromatic rings. The fourth-order valence-corrected chi connectivity index (χ4v) is 2.98. The van der Waals surface area contributed by atoms with Gasteiger partial charge < -0.3 is 10.2 Å². The van der Waals surface area contributed by atoms with Gasteiger partial charge in [-0.15, -0.1) is 0 Å². The molecule has 3 aromatic carbocycles. The second kappa shape index (κ2) is 4.17. The zero-order valence-corrected chi connectivity index (χ0v) is 10.8. The maximum absolute atomic E-state index is 10.2. The van der Waals surface area contributed by atoms with E-state index in [9.17, 15) is 10.2 Å². The summed E-state index contributed by atoms with van der Waals surface area (Å²) < 4.78 is 0. The molecule has 2 N–H and O–H groups in total. The Bertz CT molecular complexity index is 849. The lowest BCUT2D eigenvalue weighted by atomic mass is 9.89. The highest BCUT2D eigenvalue weighted by Gasteiger charge is 2.22. The van der Waals surface area contributed by atoms with Crippen molar-refractivity contribution in [2.75, 3.05) is 0 Å². The second-order valence-corrected chi connectivity index (χ2v) is 5.28. The Hall–Kier alpha value is -2.16. The van der Waals surface area contributed by atoms with E-state index >= 15 is 0 Å². The van der Waals surface area contributed by atoms with Crippen molar-refractivity contribution in [3.05, 3.63) is 65.7 Å². The zero-order chi connectivity index (χ0) is 13.7. The van der Waals surface area contributed by atoms with Crippen molar-refractivity contribution < 1.29 is 10.2 Å². The number of aliphatic hydroxyl groups excluding tert-OH is 2. The lowest BCUT2D eigenvalue weighted by Crippen LogP contribution is -2.19. The maximum atomic E-state index is 10.2. The molecule has 0 fully saturated rings. The van der Waals surface area contributed by atoms with E-state index in [0.717, 1.165) is 21.9 Å². The van der Waals surface area contributed by atoms with Crippen molar-refractivity contribution in [2.24, 2.45) is 0 Å². The van der Waals surface area contributed by atoms with Gasteiger partial charge >= 0.3 is 0 Å². The van der Waals surface area contributed by atoms with Crippen LogP contribution in [0.5, 0.6) is 0 Å². The van der Waals surface area contributed by atoms with E-state index < -0.39 is 12.2 Å². The number of fused-ring (bicyclic) bond motifs is 4. The topological polar surface area (TPSA) is 40.5 Å². The molecule has 2 atom stereocenters. The van der Waals surface area contributed by atoms with Crippen molar-refractivity contribution in [3.8, 4) is 0 Å². The van der Waals surface area contributed by atoms with Gasteiger partial charge in [0, 0.05) is 0 Å². The molecule has 0 spiro atoms. The summed E-state index contributed by atoms with van der Waals surface area (Å²) >= 11 is 0. The smallest absolute Gasteiger partial charge is 0.109 e. The fourth-order valence-electron chi connectivity index (χ4n) is 2.98. The molecule has 0 saturated carbocycles. The van der Waals surface area contributed by atoms with Gasteiger partial charge in [0.25, 0.3) is 0 Å². The third-order valence-electron chi connectivity index (χ3n) is 4.06. The molecule has 1 aliphatic rings. The molecule has 0 unspecified atom stereocenters. The molecule has 1 aliphatic carbocycles. The second-order valence-electron chi connectivity index (χ2n) is 5.28. The zero-order valence-electron chi connectivity index (χ0n) is 10.8. The van der Waals surface area contributed by atoms with E-state index in [2.05, 4.69) is 30.3 Å². The van der Waals surface area contributed by atoms with Gasteiger partial charge in [0.05, 0.1) is 0 Å². The van der Waals surface area contributed by atoms with Crippen molar-refractivity contribution in [2.45, 2.75) is 12.2 Å². The predicted molar refractivity (Wildman–Crippen MR) is 81.5 cm³/mol. The molecule has 0 bridgehead atoms. The molecule has 0 aliphatic heterocycles. The van der Waals surface area contributed by atoms with Crippen molar-refractivity contribution in [1.29, 1.82) is 0 Å². The van der Waals surface area contributed by atoms with Crippen LogP contribution in [0.3, 0.4) is 0 Å². The first kappa shape index (κ1) is 11.6. The van der Waals surface area contributed by atoms with Gasteiger partial charge in [-0.1, -0.05) is 48.6 Å². The average molecular weight is 262 g/mol. The molecule has 0 heterocycles. The minimum Gasteiger partial charge on any atom is -0.386 e. The molecule has 2 heteroatoms. The summed E-state index contributed by atoms with van der Waals surface area (Å²) in [6, 6.07) is 16.5. The predicted octanol–water partition coefficient (Wildman–Crippen LogP) is 3.41. The number of rotatable bonds is 0. The molecule has 20 heavy (non-hydrogen) atoms. The quantitative estimate of drug-likeness (QED) is 0.609. The molecule has 4 rings (SSSR count). The van der Waals surface area contributed by atoms with Gasteiger partial charge in [-0.3, -0.25) is 0 Å². The van der Waals surface area contributed by atoms with Crippen molar-refractivity contribution >= 4 is 27.6 Å². The van der Waals surface area contributed by atoms with Gasteiger partial charge in [0.2, 0.25) is 0 Å². The molecule has 98 valence electrons. The van der Waals surface area contributed by atoms with Crippen LogP contribution >= 0.6 is 0 Å². The molecule has 2 nitrogen and oxygen atoms in total. The normalized spacial score (nSPS) is 21.3. The number of hydrogen-bond acceptors (Lipinski definition) is 2. The highest BCUT2D eigenvalue weighted by Crippen LogP contribution is 2.34. The molecule has 0 saturated heterocycles. The third kappa shape index (κ3) is 1.59. The van der Waals surface area contributed by atoms with Crippen LogP contribution in [0.4, 0.5) is 0 Å². The standard InChI is InChI=1S/C18H14O2/c19-17-8-7-13-9-12-6-5-11-3-1-2-4-14(11)15(12)10-16(13)18(17)20/h1-10,17-20H/t17-,18+/m1/s1. The summed E-state index contributed by atoms with van der Waals surface area (Å²) in [4.78, 5) is 0. The molecular weight excluding hydrogens is 248 g/mol. The Balaban J connectivity index is 2.11. The number of aliphatic hydroxyl groups is 2. The van der Waals surface area contributed by atoms with Gasteiger partial charge in [0.1, 0.15) is 12.2 Å². The summed E-state index contributed by atoms with van der Waals surface area (Å²) in [6.45, 7) is 0. The number of hydrogen-bond donors (Lipinski definition) is 2. The first-order valence-electron chi connectivity index (χ1n) is 6.74. The monoisotopic (exact) mass is 262 g/mol. The summed E-state index contributed by atoms with van der Waals surface area (Å²) in [5, 5.41) is 24.5. The van der Waals surface area contributed by atoms with E-state index in [1.54, 1.807) is 6.08 Å². The SMILES string of the molecule is O[C@@H]1C=Cc2cc3ccc4ccccc4c3cc2[C@@H]1O. The van der Waals surface area contributed by atoms with Gasteiger partial charge in [-0.25, -0.2) is 0 Å². The van der Waals surface area contributed by atoms with Crippen LogP contribution in [0, 0.1) is 0 Å². The highest BCUT2D eigenvalue weighted by molar-refractivity contribution is 6.08. The lowest BCUT2D eigenvalue weighted by Gasteiger charge is -2.22. The summed E-state index contributed by atoms with van der Waals surface area (Å²) in [6.07, 6.45) is 1.84. The van der Waals surface area contributed by atoms with E-state index in [1.807, 2.05) is 24.3 Å². The van der Waals surface area contributed by atoms with Crippen LogP contribution in [0.25, 0.3) is 27.6 Å². The van der Waals surface area contributed by atoms with E-state index in [4.69, 9.17) is 0 Å². The van der Waals surface area contributed by atoms with Crippen molar-refractivity contribution in [3.63, 3.8) is 0 Å². The Morgan fingerprint density at radius 1 is 0.800 bits per heavy atom. The molecule has 0 aromatic heterocycles. The van der Waals surface area contributed by atoms with Crippen LogP contribution in [-0.4, -0.2) is 16.3 Å². The lowest BCUT2D eigenvalue weighted by molar-refractivity contribution is 0.0471. The summed E-state index contributed by atoms with van der Waals surface area (Å²) in [5.41, 5.74) is 1.77. The Morgan fingerprint density at radius 2 is 1.60 bits per heavy atom. The van der Waals surface area contributed by atoms with Crippen LogP contribution < -0.4 is 0 Å². The van der Waals surface area contributed by atoms with Gasteiger partial charge in [0.15, 0.2) is 0 Å². The van der Waals surface area contributed by atoms with Crippen LogP contribution in [0.1, 0.15) is 17.2 Å². The van der Waals surface area contributed by atoms with Gasteiger partial charge in [-0.2, -0.15) is 0 Å². The minimum absolute atomic E-state index is 0.795. The summed E-state index contributed by atoms with van der Waals surface area (Å²) in [7, 11) is 0. The van der Waals surface area contributed by atoms with E-state index in [0.29, 0.717) is 0 Å². The maximum Gasteiger partial charge on any atom is 0.109 e. The Labute approximate surface area is 116 Å². The number of benzene rings is 3. The molecule has 0 amide bonds. The average Bonchev–Trinajstić information content (AvgIpc) is 2.49. The Kier molecular flexibility index (Phi) is 2.43. The van der Waals surface area contributed by atoms with Gasteiger partial charge in [-0.05, 0) is 44.8 Å². The van der Waals surface area contributed by atoms with Crippen LogP contribution in [0.15, 0.2) is 54.6 Å². The minimum atomic E-state index is -0.849. The third-order valence-corrected chi connectivity index (χ3v) is 4.06. The first-order chi connectivity index (χ1) is 9.74. The van der Waals surface area contributed by atoms with E-state index in [-0.39, 0.29) is 0 Å². The van der Waals surface area contributed by atoms with Crippen LogP contribution in [0.2, 0.25) is 0 Å². The molecule has 0 radical (unpaired) electrons. The van der Waals surface area contributed by atoms with E-state index in [1.165, 1.54) is 10.8 Å².